The number of aromatic nitrogens is 3. The molecule has 1 N–H and O–H groups in total. The maximum atomic E-state index is 13.9. The largest absolute Gasteiger partial charge is 0.444 e. The van der Waals surface area contributed by atoms with Gasteiger partial charge in [0.05, 0.1) is 23.1 Å². The van der Waals surface area contributed by atoms with Crippen molar-refractivity contribution in [3.8, 4) is 5.69 Å². The predicted molar refractivity (Wildman–Crippen MR) is 104 cm³/mol. The van der Waals surface area contributed by atoms with E-state index in [0.29, 0.717) is 16.5 Å². The molecule has 0 fully saturated rings. The van der Waals surface area contributed by atoms with Crippen LogP contribution in [0.4, 0.5) is 23.7 Å². The Labute approximate surface area is 168 Å². The fourth-order valence-corrected chi connectivity index (χ4v) is 3.04. The van der Waals surface area contributed by atoms with Crippen LogP contribution < -0.4 is 5.32 Å². The molecule has 6 nitrogen and oxygen atoms in total. The fraction of sp³-hybridized carbons (Fsp3) is 0.0952. The summed E-state index contributed by atoms with van der Waals surface area (Å²) in [5, 5.41) is 6.51. The maximum Gasteiger partial charge on any atom is 0.435 e. The van der Waals surface area contributed by atoms with Gasteiger partial charge in [0.1, 0.15) is 6.61 Å². The molecule has 1 amide bonds. The number of carbonyl (C=O) groups is 1. The normalized spacial score (nSPS) is 11.4. The van der Waals surface area contributed by atoms with Gasteiger partial charge in [-0.05, 0) is 29.8 Å². The smallest absolute Gasteiger partial charge is 0.435 e. The summed E-state index contributed by atoms with van der Waals surface area (Å²) in [5.74, 6) is 0. The van der Waals surface area contributed by atoms with Crippen molar-refractivity contribution in [3.63, 3.8) is 0 Å². The SMILES string of the molecule is O=C(Nc1cnn(-c2cccc3ncccc23)c1C(F)(F)F)OCc1ccccc1. The van der Waals surface area contributed by atoms with E-state index in [4.69, 9.17) is 4.74 Å². The summed E-state index contributed by atoms with van der Waals surface area (Å²) in [5.41, 5.74) is -0.186. The number of hydrogen-bond donors (Lipinski definition) is 1. The summed E-state index contributed by atoms with van der Waals surface area (Å²) < 4.78 is 47.3. The lowest BCUT2D eigenvalue weighted by molar-refractivity contribution is -0.142. The molecular formula is C21H15F3N4O2. The summed E-state index contributed by atoms with van der Waals surface area (Å²) in [7, 11) is 0. The van der Waals surface area contributed by atoms with Crippen LogP contribution in [0.2, 0.25) is 0 Å². The van der Waals surface area contributed by atoms with Crippen molar-refractivity contribution < 1.29 is 22.7 Å². The highest BCUT2D eigenvalue weighted by Gasteiger charge is 2.39. The molecule has 30 heavy (non-hydrogen) atoms. The summed E-state index contributed by atoms with van der Waals surface area (Å²) in [6, 6.07) is 16.9. The molecule has 0 aliphatic carbocycles. The molecule has 2 aromatic heterocycles. The van der Waals surface area contributed by atoms with Crippen molar-refractivity contribution in [2.24, 2.45) is 0 Å². The number of anilines is 1. The van der Waals surface area contributed by atoms with Gasteiger partial charge in [0, 0.05) is 11.6 Å². The summed E-state index contributed by atoms with van der Waals surface area (Å²) in [4.78, 5) is 16.2. The number of benzene rings is 2. The highest BCUT2D eigenvalue weighted by Crippen LogP contribution is 2.37. The van der Waals surface area contributed by atoms with Crippen LogP contribution in [0, 0.1) is 0 Å². The van der Waals surface area contributed by atoms with Crippen LogP contribution >= 0.6 is 0 Å². The Hall–Kier alpha value is -3.88. The second-order valence-corrected chi connectivity index (χ2v) is 6.35. The molecule has 0 atom stereocenters. The van der Waals surface area contributed by atoms with E-state index >= 15 is 0 Å². The molecule has 0 bridgehead atoms. The number of amides is 1. The van der Waals surface area contributed by atoms with Gasteiger partial charge in [0.2, 0.25) is 0 Å². The van der Waals surface area contributed by atoms with Crippen LogP contribution in [0.5, 0.6) is 0 Å². The molecule has 0 saturated heterocycles. The van der Waals surface area contributed by atoms with Crippen molar-refractivity contribution in [2.45, 2.75) is 12.8 Å². The van der Waals surface area contributed by atoms with Crippen LogP contribution in [0.15, 0.2) is 73.1 Å². The zero-order chi connectivity index (χ0) is 21.1. The minimum Gasteiger partial charge on any atom is -0.444 e. The lowest BCUT2D eigenvalue weighted by Gasteiger charge is -2.14. The Kier molecular flexibility index (Phi) is 5.09. The molecule has 152 valence electrons. The van der Waals surface area contributed by atoms with Gasteiger partial charge in [-0.1, -0.05) is 36.4 Å². The highest BCUT2D eigenvalue weighted by atomic mass is 19.4. The van der Waals surface area contributed by atoms with E-state index in [9.17, 15) is 18.0 Å². The number of rotatable bonds is 4. The van der Waals surface area contributed by atoms with Gasteiger partial charge in [0.25, 0.3) is 0 Å². The van der Waals surface area contributed by atoms with E-state index in [-0.39, 0.29) is 12.3 Å². The van der Waals surface area contributed by atoms with Gasteiger partial charge in [-0.25, -0.2) is 9.48 Å². The average Bonchev–Trinajstić information content (AvgIpc) is 3.16. The van der Waals surface area contributed by atoms with Crippen molar-refractivity contribution in [3.05, 3.63) is 84.3 Å². The Morgan fingerprint density at radius 1 is 1.03 bits per heavy atom. The van der Waals surface area contributed by atoms with Crippen molar-refractivity contribution in [1.82, 2.24) is 14.8 Å². The Morgan fingerprint density at radius 3 is 2.60 bits per heavy atom. The van der Waals surface area contributed by atoms with Crippen LogP contribution in [-0.4, -0.2) is 20.9 Å². The molecule has 2 aromatic carbocycles. The number of carbonyl (C=O) groups excluding carboxylic acids is 1. The molecule has 9 heteroatoms. The molecule has 0 aliphatic heterocycles. The van der Waals surface area contributed by atoms with E-state index in [1.54, 1.807) is 60.8 Å². The molecular weight excluding hydrogens is 397 g/mol. The molecule has 0 radical (unpaired) electrons. The van der Waals surface area contributed by atoms with Gasteiger partial charge in [-0.2, -0.15) is 18.3 Å². The van der Waals surface area contributed by atoms with Gasteiger partial charge in [0.15, 0.2) is 5.69 Å². The number of pyridine rings is 1. The van der Waals surface area contributed by atoms with Gasteiger partial charge < -0.3 is 4.74 Å². The van der Waals surface area contributed by atoms with E-state index in [0.717, 1.165) is 10.9 Å². The quantitative estimate of drug-likeness (QED) is 0.501. The fourth-order valence-electron chi connectivity index (χ4n) is 3.04. The van der Waals surface area contributed by atoms with Crippen molar-refractivity contribution in [2.75, 3.05) is 5.32 Å². The van der Waals surface area contributed by atoms with Gasteiger partial charge >= 0.3 is 12.3 Å². The zero-order valence-electron chi connectivity index (χ0n) is 15.4. The molecule has 0 saturated carbocycles. The van der Waals surface area contributed by atoms with E-state index in [1.165, 1.54) is 6.07 Å². The third-order valence-corrected chi connectivity index (χ3v) is 4.34. The van der Waals surface area contributed by atoms with E-state index < -0.39 is 23.7 Å². The predicted octanol–water partition coefficient (Wildman–Crippen LogP) is 5.19. The Bertz CT molecular complexity index is 1180. The third kappa shape index (κ3) is 3.95. The Morgan fingerprint density at radius 2 is 1.83 bits per heavy atom. The lowest BCUT2D eigenvalue weighted by atomic mass is 10.2. The van der Waals surface area contributed by atoms with Gasteiger partial charge in [-0.15, -0.1) is 0 Å². The summed E-state index contributed by atoms with van der Waals surface area (Å²) in [6.07, 6.45) is -3.29. The number of hydrogen-bond acceptors (Lipinski definition) is 4. The number of nitrogens with one attached hydrogen (secondary N) is 1. The monoisotopic (exact) mass is 412 g/mol. The number of halogens is 3. The number of alkyl halides is 3. The first-order chi connectivity index (χ1) is 14.4. The standard InChI is InChI=1S/C21H15F3N4O2/c22-21(23,24)19-17(27-20(29)30-13-14-6-2-1-3-7-14)12-26-28(19)18-10-4-9-16-15(18)8-5-11-25-16/h1-12H,13H2,(H,27,29). The van der Waals surface area contributed by atoms with Crippen LogP contribution in [0.25, 0.3) is 16.6 Å². The number of fused-ring (bicyclic) bond motifs is 1. The highest BCUT2D eigenvalue weighted by molar-refractivity contribution is 5.88. The Balaban J connectivity index is 1.65. The minimum atomic E-state index is -4.77. The zero-order valence-corrected chi connectivity index (χ0v) is 15.4. The average molecular weight is 412 g/mol. The van der Waals surface area contributed by atoms with Crippen LogP contribution in [0.3, 0.4) is 0 Å². The summed E-state index contributed by atoms with van der Waals surface area (Å²) >= 11 is 0. The molecule has 0 aliphatic rings. The minimum absolute atomic E-state index is 0.0723. The topological polar surface area (TPSA) is 69.0 Å². The first-order valence-corrected chi connectivity index (χ1v) is 8.90. The second-order valence-electron chi connectivity index (χ2n) is 6.35. The number of ether oxygens (including phenoxy) is 1. The van der Waals surface area contributed by atoms with Gasteiger partial charge in [-0.3, -0.25) is 10.3 Å². The first kappa shape index (κ1) is 19.4. The van der Waals surface area contributed by atoms with Crippen LogP contribution in [-0.2, 0) is 17.5 Å². The lowest BCUT2D eigenvalue weighted by Crippen LogP contribution is -2.19. The molecule has 0 spiro atoms. The summed E-state index contributed by atoms with van der Waals surface area (Å²) in [6.45, 7) is -0.0723. The third-order valence-electron chi connectivity index (χ3n) is 4.34. The first-order valence-electron chi connectivity index (χ1n) is 8.90. The second kappa shape index (κ2) is 7.86. The molecule has 2 heterocycles. The number of nitrogens with zero attached hydrogens (tertiary/aromatic N) is 3. The van der Waals surface area contributed by atoms with Crippen molar-refractivity contribution >= 4 is 22.7 Å². The van der Waals surface area contributed by atoms with Crippen LogP contribution in [0.1, 0.15) is 11.3 Å². The molecule has 4 rings (SSSR count). The molecule has 4 aromatic rings. The van der Waals surface area contributed by atoms with E-state index in [1.807, 2.05) is 0 Å². The molecule has 0 unspecified atom stereocenters. The maximum absolute atomic E-state index is 13.9. The van der Waals surface area contributed by atoms with Crippen molar-refractivity contribution in [1.29, 1.82) is 0 Å². The van der Waals surface area contributed by atoms with E-state index in [2.05, 4.69) is 15.4 Å².